The third-order valence-corrected chi connectivity index (χ3v) is 6.21. The van der Waals surface area contributed by atoms with Crippen LogP contribution >= 0.6 is 0 Å². The van der Waals surface area contributed by atoms with Gasteiger partial charge >= 0.3 is 0 Å². The summed E-state index contributed by atoms with van der Waals surface area (Å²) in [6, 6.07) is 0. The van der Waals surface area contributed by atoms with E-state index in [1.54, 1.807) is 0 Å². The lowest BCUT2D eigenvalue weighted by Crippen LogP contribution is -1.84. The molecular weight excluding hydrogens is 352 g/mol. The molecular formula is C27H60Si. The van der Waals surface area contributed by atoms with Gasteiger partial charge < -0.3 is 0 Å². The Morgan fingerprint density at radius 2 is 0.321 bits per heavy atom. The van der Waals surface area contributed by atoms with Gasteiger partial charge in [0.15, 0.2) is 0 Å². The van der Waals surface area contributed by atoms with Crippen LogP contribution < -0.4 is 0 Å². The van der Waals surface area contributed by atoms with Crippen LogP contribution in [0.15, 0.2) is 0 Å². The van der Waals surface area contributed by atoms with Gasteiger partial charge in [0.25, 0.3) is 0 Å². The molecule has 0 heterocycles. The first-order valence-corrected chi connectivity index (χ1v) is 13.4. The summed E-state index contributed by atoms with van der Waals surface area (Å²) in [5, 5.41) is 0. The van der Waals surface area contributed by atoms with Gasteiger partial charge in [-0.1, -0.05) is 174 Å². The molecule has 0 unspecified atom stereocenters. The Morgan fingerprint density at radius 1 is 0.214 bits per heavy atom. The second-order valence-electron chi connectivity index (χ2n) is 9.13. The standard InChI is InChI=1S/C27H56.H4Si/c1-3-5-7-9-11-13-15-17-19-21-23-25-27-26-24-22-20-18-16-14-12-10-8-6-4-2;/h3-27H2,1-2H3;1H4. The molecule has 0 rings (SSSR count). The highest BCUT2D eigenvalue weighted by Gasteiger charge is 1.95. The molecule has 0 bridgehead atoms. The van der Waals surface area contributed by atoms with Crippen molar-refractivity contribution in [1.82, 2.24) is 0 Å². The highest BCUT2D eigenvalue weighted by atomic mass is 28.1. The summed E-state index contributed by atoms with van der Waals surface area (Å²) >= 11 is 0. The fourth-order valence-corrected chi connectivity index (χ4v) is 4.21. The summed E-state index contributed by atoms with van der Waals surface area (Å²) < 4.78 is 0. The lowest BCUT2D eigenvalue weighted by atomic mass is 10.0. The largest absolute Gasteiger partial charge is 0.0654 e. The van der Waals surface area contributed by atoms with Crippen molar-refractivity contribution in [2.24, 2.45) is 0 Å². The van der Waals surface area contributed by atoms with Gasteiger partial charge in [-0.2, -0.15) is 0 Å². The van der Waals surface area contributed by atoms with Gasteiger partial charge in [0.2, 0.25) is 0 Å². The summed E-state index contributed by atoms with van der Waals surface area (Å²) in [4.78, 5) is 0. The maximum atomic E-state index is 2.30. The predicted molar refractivity (Wildman–Crippen MR) is 138 cm³/mol. The van der Waals surface area contributed by atoms with Crippen LogP contribution in [0.1, 0.15) is 174 Å². The number of hydrogen-bond acceptors (Lipinski definition) is 0. The van der Waals surface area contributed by atoms with Gasteiger partial charge in [-0.15, -0.1) is 0 Å². The molecule has 0 nitrogen and oxygen atoms in total. The molecule has 0 N–H and O–H groups in total. The van der Waals surface area contributed by atoms with E-state index < -0.39 is 0 Å². The molecule has 0 saturated heterocycles. The molecule has 0 aliphatic carbocycles. The molecule has 0 aromatic heterocycles. The van der Waals surface area contributed by atoms with Crippen molar-refractivity contribution in [3.05, 3.63) is 0 Å². The minimum atomic E-state index is 0. The maximum absolute atomic E-state index is 2.30. The van der Waals surface area contributed by atoms with E-state index in [9.17, 15) is 0 Å². The average Bonchev–Trinajstić information content (AvgIpc) is 2.68. The Labute approximate surface area is 185 Å². The van der Waals surface area contributed by atoms with E-state index in [0.29, 0.717) is 0 Å². The van der Waals surface area contributed by atoms with Crippen molar-refractivity contribution in [3.8, 4) is 0 Å². The molecule has 0 aromatic carbocycles. The van der Waals surface area contributed by atoms with Crippen molar-refractivity contribution < 1.29 is 0 Å². The number of unbranched alkanes of at least 4 members (excludes halogenated alkanes) is 24. The summed E-state index contributed by atoms with van der Waals surface area (Å²) in [7, 11) is 0. The molecule has 0 fully saturated rings. The van der Waals surface area contributed by atoms with Crippen molar-refractivity contribution >= 4 is 11.0 Å². The van der Waals surface area contributed by atoms with Crippen molar-refractivity contribution in [2.45, 2.75) is 174 Å². The van der Waals surface area contributed by atoms with Gasteiger partial charge in [-0.25, -0.2) is 0 Å². The summed E-state index contributed by atoms with van der Waals surface area (Å²) in [5.74, 6) is 0. The van der Waals surface area contributed by atoms with Crippen molar-refractivity contribution in [2.75, 3.05) is 0 Å². The van der Waals surface area contributed by atoms with Gasteiger partial charge in [0.05, 0.1) is 0 Å². The highest BCUT2D eigenvalue weighted by Crippen LogP contribution is 2.15. The zero-order valence-electron chi connectivity index (χ0n) is 19.7. The van der Waals surface area contributed by atoms with E-state index in [1.165, 1.54) is 161 Å². The SMILES string of the molecule is CCCCCCCCCCCCCCCCCCCCCCCCCCC.[SiH4]. The van der Waals surface area contributed by atoms with Crippen molar-refractivity contribution in [1.29, 1.82) is 0 Å². The monoisotopic (exact) mass is 412 g/mol. The number of rotatable bonds is 24. The van der Waals surface area contributed by atoms with E-state index >= 15 is 0 Å². The van der Waals surface area contributed by atoms with Crippen LogP contribution in [0.2, 0.25) is 0 Å². The fraction of sp³-hybridized carbons (Fsp3) is 1.00. The van der Waals surface area contributed by atoms with E-state index in [2.05, 4.69) is 13.8 Å². The maximum Gasteiger partial charge on any atom is -0.0149 e. The van der Waals surface area contributed by atoms with Crippen LogP contribution in [0.3, 0.4) is 0 Å². The Hall–Kier alpha value is 0.217. The third kappa shape index (κ3) is 28.4. The normalized spacial score (nSPS) is 10.9. The first-order chi connectivity index (χ1) is 13.4. The van der Waals surface area contributed by atoms with E-state index in [1.807, 2.05) is 0 Å². The van der Waals surface area contributed by atoms with Crippen LogP contribution in [0.25, 0.3) is 0 Å². The van der Waals surface area contributed by atoms with Gasteiger partial charge in [-0.3, -0.25) is 0 Å². The molecule has 0 atom stereocenters. The molecule has 0 aliphatic rings. The Kier molecular flexibility index (Phi) is 32.0. The molecule has 172 valence electrons. The minimum Gasteiger partial charge on any atom is -0.0654 e. The molecule has 0 aromatic rings. The van der Waals surface area contributed by atoms with Crippen LogP contribution in [-0.4, -0.2) is 11.0 Å². The molecule has 0 spiro atoms. The first kappa shape index (κ1) is 30.4. The zero-order chi connectivity index (χ0) is 19.7. The number of hydrogen-bond donors (Lipinski definition) is 0. The molecule has 0 radical (unpaired) electrons. The lowest BCUT2D eigenvalue weighted by molar-refractivity contribution is 0.517. The van der Waals surface area contributed by atoms with Crippen LogP contribution in [0.4, 0.5) is 0 Å². The molecule has 1 heteroatoms. The highest BCUT2D eigenvalue weighted by molar-refractivity contribution is 5.75. The first-order valence-electron chi connectivity index (χ1n) is 13.4. The van der Waals surface area contributed by atoms with Gasteiger partial charge in [0.1, 0.15) is 0 Å². The molecule has 0 saturated carbocycles. The van der Waals surface area contributed by atoms with Crippen LogP contribution in [0.5, 0.6) is 0 Å². The molecule has 0 amide bonds. The third-order valence-electron chi connectivity index (χ3n) is 6.21. The Morgan fingerprint density at radius 3 is 0.429 bits per heavy atom. The summed E-state index contributed by atoms with van der Waals surface area (Å²) in [6.45, 7) is 4.61. The fourth-order valence-electron chi connectivity index (χ4n) is 4.21. The minimum absolute atomic E-state index is 0. The summed E-state index contributed by atoms with van der Waals surface area (Å²) in [6.07, 6.45) is 36.9. The van der Waals surface area contributed by atoms with Crippen molar-refractivity contribution in [3.63, 3.8) is 0 Å². The van der Waals surface area contributed by atoms with Crippen LogP contribution in [0, 0.1) is 0 Å². The quantitative estimate of drug-likeness (QED) is 0.109. The van der Waals surface area contributed by atoms with E-state index in [-0.39, 0.29) is 11.0 Å². The lowest BCUT2D eigenvalue weighted by Gasteiger charge is -2.04. The van der Waals surface area contributed by atoms with E-state index in [0.717, 1.165) is 0 Å². The summed E-state index contributed by atoms with van der Waals surface area (Å²) in [5.41, 5.74) is 0. The second-order valence-corrected chi connectivity index (χ2v) is 9.13. The molecule has 0 aliphatic heterocycles. The Bertz CT molecular complexity index is 214. The van der Waals surface area contributed by atoms with Gasteiger partial charge in [-0.05, 0) is 11.0 Å². The zero-order valence-corrected chi connectivity index (χ0v) is 19.7. The van der Waals surface area contributed by atoms with E-state index in [4.69, 9.17) is 0 Å². The second kappa shape index (κ2) is 29.4. The van der Waals surface area contributed by atoms with Gasteiger partial charge in [0, 0.05) is 0 Å². The average molecular weight is 413 g/mol. The van der Waals surface area contributed by atoms with Crippen LogP contribution in [-0.2, 0) is 0 Å². The molecule has 28 heavy (non-hydrogen) atoms. The Balaban J connectivity index is 0. The smallest absolute Gasteiger partial charge is 0.0149 e. The topological polar surface area (TPSA) is 0 Å². The predicted octanol–water partition coefficient (Wildman–Crippen LogP) is 9.33.